The monoisotopic (exact) mass is 210 g/mol. The van der Waals surface area contributed by atoms with E-state index in [1.165, 1.54) is 12.3 Å². The van der Waals surface area contributed by atoms with E-state index in [-0.39, 0.29) is 12.3 Å². The SMILES string of the molecule is CC(O)CCOC(=O)c1ccc(N)cn1. The fourth-order valence-electron chi connectivity index (χ4n) is 0.922. The van der Waals surface area contributed by atoms with Crippen LogP contribution in [-0.2, 0) is 4.74 Å². The molecular weight excluding hydrogens is 196 g/mol. The van der Waals surface area contributed by atoms with Crippen LogP contribution in [0.15, 0.2) is 18.3 Å². The molecule has 1 rings (SSSR count). The van der Waals surface area contributed by atoms with Crippen LogP contribution in [0, 0.1) is 0 Å². The van der Waals surface area contributed by atoms with Crippen molar-refractivity contribution in [1.82, 2.24) is 4.98 Å². The molecule has 1 aromatic rings. The highest BCUT2D eigenvalue weighted by molar-refractivity contribution is 5.87. The number of hydrogen-bond acceptors (Lipinski definition) is 5. The molecule has 0 saturated carbocycles. The van der Waals surface area contributed by atoms with Gasteiger partial charge in [0.25, 0.3) is 0 Å². The van der Waals surface area contributed by atoms with Crippen molar-refractivity contribution in [2.75, 3.05) is 12.3 Å². The highest BCUT2D eigenvalue weighted by atomic mass is 16.5. The average Bonchev–Trinajstić information content (AvgIpc) is 2.18. The first kappa shape index (κ1) is 11.5. The maximum atomic E-state index is 11.3. The summed E-state index contributed by atoms with van der Waals surface area (Å²) in [7, 11) is 0. The summed E-state index contributed by atoms with van der Waals surface area (Å²) >= 11 is 0. The van der Waals surface area contributed by atoms with Crippen molar-refractivity contribution in [2.24, 2.45) is 0 Å². The summed E-state index contributed by atoms with van der Waals surface area (Å²) in [5, 5.41) is 8.95. The van der Waals surface area contributed by atoms with Gasteiger partial charge in [0.2, 0.25) is 0 Å². The van der Waals surface area contributed by atoms with E-state index in [1.54, 1.807) is 13.0 Å². The van der Waals surface area contributed by atoms with Gasteiger partial charge in [0.05, 0.1) is 24.6 Å². The molecule has 0 aromatic carbocycles. The van der Waals surface area contributed by atoms with Gasteiger partial charge in [-0.1, -0.05) is 0 Å². The quantitative estimate of drug-likeness (QED) is 0.710. The summed E-state index contributed by atoms with van der Waals surface area (Å²) in [6.45, 7) is 1.82. The number of carbonyl (C=O) groups is 1. The predicted octanol–water partition coefficient (Wildman–Crippen LogP) is 0.592. The molecule has 1 aromatic heterocycles. The van der Waals surface area contributed by atoms with Crippen LogP contribution < -0.4 is 5.73 Å². The topological polar surface area (TPSA) is 85.4 Å². The summed E-state index contributed by atoms with van der Waals surface area (Å²) in [4.78, 5) is 15.1. The minimum atomic E-state index is -0.504. The fourth-order valence-corrected chi connectivity index (χ4v) is 0.922. The number of carbonyl (C=O) groups excluding carboxylic acids is 1. The smallest absolute Gasteiger partial charge is 0.356 e. The van der Waals surface area contributed by atoms with Crippen molar-refractivity contribution in [2.45, 2.75) is 19.4 Å². The van der Waals surface area contributed by atoms with Crippen LogP contribution in [0.3, 0.4) is 0 Å². The molecule has 0 bridgehead atoms. The summed E-state index contributed by atoms with van der Waals surface area (Å²) in [6, 6.07) is 3.08. The summed E-state index contributed by atoms with van der Waals surface area (Å²) in [6.07, 6.45) is 1.34. The first-order valence-electron chi connectivity index (χ1n) is 4.66. The van der Waals surface area contributed by atoms with Gasteiger partial charge in [-0.25, -0.2) is 9.78 Å². The molecule has 0 radical (unpaired) electrons. The minimum absolute atomic E-state index is 0.183. The Morgan fingerprint density at radius 2 is 2.40 bits per heavy atom. The number of nitrogens with two attached hydrogens (primary N) is 1. The van der Waals surface area contributed by atoms with Gasteiger partial charge in [0, 0.05) is 6.42 Å². The molecule has 0 amide bonds. The van der Waals surface area contributed by atoms with Crippen LogP contribution in [0.4, 0.5) is 5.69 Å². The number of nitrogen functional groups attached to an aromatic ring is 1. The van der Waals surface area contributed by atoms with Crippen LogP contribution in [0.1, 0.15) is 23.8 Å². The molecule has 0 aliphatic rings. The van der Waals surface area contributed by atoms with Gasteiger partial charge in [0.15, 0.2) is 0 Å². The van der Waals surface area contributed by atoms with E-state index in [2.05, 4.69) is 4.98 Å². The number of aliphatic hydroxyl groups excluding tert-OH is 1. The van der Waals surface area contributed by atoms with Gasteiger partial charge < -0.3 is 15.6 Å². The predicted molar refractivity (Wildman–Crippen MR) is 55.2 cm³/mol. The van der Waals surface area contributed by atoms with Gasteiger partial charge in [-0.3, -0.25) is 0 Å². The normalized spacial score (nSPS) is 12.1. The molecule has 5 heteroatoms. The number of rotatable bonds is 4. The molecule has 82 valence electrons. The van der Waals surface area contributed by atoms with Crippen molar-refractivity contribution in [3.8, 4) is 0 Å². The summed E-state index contributed by atoms with van der Waals surface area (Å²) in [5.41, 5.74) is 6.13. The molecule has 3 N–H and O–H groups in total. The first-order chi connectivity index (χ1) is 7.09. The Morgan fingerprint density at radius 1 is 1.67 bits per heavy atom. The zero-order valence-corrected chi connectivity index (χ0v) is 8.51. The molecule has 1 heterocycles. The molecule has 0 spiro atoms. The van der Waals surface area contributed by atoms with E-state index < -0.39 is 12.1 Å². The number of esters is 1. The molecule has 5 nitrogen and oxygen atoms in total. The van der Waals surface area contributed by atoms with Gasteiger partial charge in [0.1, 0.15) is 5.69 Å². The van der Waals surface area contributed by atoms with E-state index in [0.717, 1.165) is 0 Å². The Morgan fingerprint density at radius 3 is 2.93 bits per heavy atom. The van der Waals surface area contributed by atoms with Gasteiger partial charge >= 0.3 is 5.97 Å². The number of aromatic nitrogens is 1. The Kier molecular flexibility index (Phi) is 4.05. The van der Waals surface area contributed by atoms with Crippen molar-refractivity contribution in [3.05, 3.63) is 24.0 Å². The largest absolute Gasteiger partial charge is 0.461 e. The fraction of sp³-hybridized carbons (Fsp3) is 0.400. The number of aliphatic hydroxyl groups is 1. The van der Waals surface area contributed by atoms with Crippen molar-refractivity contribution in [1.29, 1.82) is 0 Å². The van der Waals surface area contributed by atoms with E-state index in [4.69, 9.17) is 15.6 Å². The Labute approximate surface area is 87.9 Å². The number of ether oxygens (including phenoxy) is 1. The van der Waals surface area contributed by atoms with Crippen LogP contribution in [0.25, 0.3) is 0 Å². The minimum Gasteiger partial charge on any atom is -0.461 e. The van der Waals surface area contributed by atoms with E-state index in [9.17, 15) is 4.79 Å². The second kappa shape index (κ2) is 5.31. The third-order valence-electron chi connectivity index (χ3n) is 1.76. The molecule has 0 fully saturated rings. The molecule has 1 unspecified atom stereocenters. The maximum Gasteiger partial charge on any atom is 0.356 e. The Balaban J connectivity index is 2.43. The number of pyridine rings is 1. The molecule has 15 heavy (non-hydrogen) atoms. The lowest BCUT2D eigenvalue weighted by atomic mass is 10.3. The van der Waals surface area contributed by atoms with Crippen LogP contribution in [-0.4, -0.2) is 28.8 Å². The highest BCUT2D eigenvalue weighted by Gasteiger charge is 2.08. The van der Waals surface area contributed by atoms with E-state index >= 15 is 0 Å². The van der Waals surface area contributed by atoms with Crippen molar-refractivity contribution in [3.63, 3.8) is 0 Å². The zero-order valence-electron chi connectivity index (χ0n) is 8.51. The second-order valence-corrected chi connectivity index (χ2v) is 3.25. The molecule has 0 aliphatic carbocycles. The van der Waals surface area contributed by atoms with Gasteiger partial charge in [-0.05, 0) is 19.1 Å². The maximum absolute atomic E-state index is 11.3. The molecule has 0 aliphatic heterocycles. The molecule has 1 atom stereocenters. The van der Waals surface area contributed by atoms with Crippen LogP contribution >= 0.6 is 0 Å². The lowest BCUT2D eigenvalue weighted by molar-refractivity contribution is 0.0438. The standard InChI is InChI=1S/C10H14N2O3/c1-7(13)4-5-15-10(14)9-3-2-8(11)6-12-9/h2-3,6-7,13H,4-5,11H2,1H3. The van der Waals surface area contributed by atoms with Crippen LogP contribution in [0.2, 0.25) is 0 Å². The number of nitrogens with zero attached hydrogens (tertiary/aromatic N) is 1. The number of hydrogen-bond donors (Lipinski definition) is 2. The van der Waals surface area contributed by atoms with Crippen LogP contribution in [0.5, 0.6) is 0 Å². The zero-order chi connectivity index (χ0) is 11.3. The van der Waals surface area contributed by atoms with Crippen molar-refractivity contribution < 1.29 is 14.6 Å². The third kappa shape index (κ3) is 3.95. The average molecular weight is 210 g/mol. The Hall–Kier alpha value is -1.62. The van der Waals surface area contributed by atoms with Gasteiger partial charge in [-0.2, -0.15) is 0 Å². The lowest BCUT2D eigenvalue weighted by Crippen LogP contribution is -2.12. The first-order valence-corrected chi connectivity index (χ1v) is 4.66. The lowest BCUT2D eigenvalue weighted by Gasteiger charge is -2.05. The van der Waals surface area contributed by atoms with Gasteiger partial charge in [-0.15, -0.1) is 0 Å². The summed E-state index contributed by atoms with van der Waals surface area (Å²) < 4.78 is 4.88. The summed E-state index contributed by atoms with van der Waals surface area (Å²) in [5.74, 6) is -0.504. The van der Waals surface area contributed by atoms with E-state index in [1.807, 2.05) is 0 Å². The Bertz CT molecular complexity index is 322. The highest BCUT2D eigenvalue weighted by Crippen LogP contribution is 2.03. The third-order valence-corrected chi connectivity index (χ3v) is 1.76. The molecule has 0 saturated heterocycles. The van der Waals surface area contributed by atoms with Crippen molar-refractivity contribution >= 4 is 11.7 Å². The van der Waals surface area contributed by atoms with E-state index in [0.29, 0.717) is 12.1 Å². The second-order valence-electron chi connectivity index (χ2n) is 3.25. The molecular formula is C10H14N2O3. The number of anilines is 1.